The van der Waals surface area contributed by atoms with Crippen LogP contribution in [-0.2, 0) is 6.42 Å². The van der Waals surface area contributed by atoms with Gasteiger partial charge in [0.2, 0.25) is 0 Å². The summed E-state index contributed by atoms with van der Waals surface area (Å²) in [7, 11) is 2.19. The first-order valence-corrected chi connectivity index (χ1v) is 11.4. The molecule has 1 aliphatic rings. The summed E-state index contributed by atoms with van der Waals surface area (Å²) in [5, 5.41) is 5.66. The molecule has 0 saturated carbocycles. The third kappa shape index (κ3) is 8.37. The summed E-state index contributed by atoms with van der Waals surface area (Å²) in [6.45, 7) is 8.36. The molecular weight excluding hydrogens is 436 g/mol. The van der Waals surface area contributed by atoms with E-state index in [4.69, 9.17) is 0 Å². The average Bonchev–Trinajstić information content (AvgIpc) is 2.77. The number of piperidine rings is 1. The lowest BCUT2D eigenvalue weighted by Gasteiger charge is -2.37. The maximum absolute atomic E-state index is 12.9. The summed E-state index contributed by atoms with van der Waals surface area (Å²) in [4.78, 5) is 29.3. The SMILES string of the molecule is CN(CCc1ccccc1)C1CCN(C(=O)c2ccc(NC(=O)NC(C)(C)C)cc2)CC1.Cl. The van der Waals surface area contributed by atoms with E-state index >= 15 is 0 Å². The van der Waals surface area contributed by atoms with Gasteiger partial charge >= 0.3 is 6.03 Å². The van der Waals surface area contributed by atoms with Crippen molar-refractivity contribution >= 4 is 30.0 Å². The summed E-state index contributed by atoms with van der Waals surface area (Å²) in [6.07, 6.45) is 3.03. The van der Waals surface area contributed by atoms with Gasteiger partial charge in [0.1, 0.15) is 0 Å². The number of hydrogen-bond acceptors (Lipinski definition) is 3. The van der Waals surface area contributed by atoms with Crippen LogP contribution < -0.4 is 10.6 Å². The molecule has 2 aromatic carbocycles. The summed E-state index contributed by atoms with van der Waals surface area (Å²) in [6, 6.07) is 17.9. The number of hydrogen-bond donors (Lipinski definition) is 2. The number of carbonyl (C=O) groups is 2. The van der Waals surface area contributed by atoms with Crippen molar-refractivity contribution in [2.75, 3.05) is 32.0 Å². The Hall–Kier alpha value is -2.57. The first kappa shape index (κ1) is 26.7. The fraction of sp³-hybridized carbons (Fsp3) is 0.462. The molecule has 33 heavy (non-hydrogen) atoms. The van der Waals surface area contributed by atoms with Crippen molar-refractivity contribution in [3.05, 3.63) is 65.7 Å². The van der Waals surface area contributed by atoms with Crippen LogP contribution in [0.15, 0.2) is 54.6 Å². The Morgan fingerprint density at radius 2 is 1.61 bits per heavy atom. The monoisotopic (exact) mass is 472 g/mol. The normalized spacial score (nSPS) is 14.5. The number of amides is 3. The van der Waals surface area contributed by atoms with Gasteiger partial charge in [0, 0.05) is 42.5 Å². The topological polar surface area (TPSA) is 64.7 Å². The molecule has 1 aliphatic heterocycles. The smallest absolute Gasteiger partial charge is 0.319 e. The van der Waals surface area contributed by atoms with E-state index in [2.05, 4.69) is 46.8 Å². The van der Waals surface area contributed by atoms with E-state index in [9.17, 15) is 9.59 Å². The Morgan fingerprint density at radius 3 is 2.18 bits per heavy atom. The van der Waals surface area contributed by atoms with Crippen molar-refractivity contribution in [1.29, 1.82) is 0 Å². The molecule has 0 bridgehead atoms. The van der Waals surface area contributed by atoms with Gasteiger partial charge in [-0.15, -0.1) is 12.4 Å². The van der Waals surface area contributed by atoms with Gasteiger partial charge < -0.3 is 20.4 Å². The van der Waals surface area contributed by atoms with Crippen molar-refractivity contribution in [2.24, 2.45) is 0 Å². The van der Waals surface area contributed by atoms with E-state index in [1.807, 2.05) is 31.7 Å². The van der Waals surface area contributed by atoms with Crippen LogP contribution in [0.5, 0.6) is 0 Å². The van der Waals surface area contributed by atoms with Crippen molar-refractivity contribution in [3.63, 3.8) is 0 Å². The zero-order valence-corrected chi connectivity index (χ0v) is 21.0. The number of rotatable bonds is 6. The van der Waals surface area contributed by atoms with Crippen LogP contribution in [0.2, 0.25) is 0 Å². The number of halogens is 1. The number of carbonyl (C=O) groups excluding carboxylic acids is 2. The molecular formula is C26H37ClN4O2. The van der Waals surface area contributed by atoms with Gasteiger partial charge in [-0.2, -0.15) is 0 Å². The van der Waals surface area contributed by atoms with E-state index in [1.54, 1.807) is 24.3 Å². The highest BCUT2D eigenvalue weighted by Crippen LogP contribution is 2.19. The van der Waals surface area contributed by atoms with Crippen LogP contribution in [0.1, 0.15) is 49.5 Å². The van der Waals surface area contributed by atoms with Gasteiger partial charge in [-0.05, 0) is 76.9 Å². The summed E-state index contributed by atoms with van der Waals surface area (Å²) in [5.74, 6) is 0.0566. The first-order chi connectivity index (χ1) is 15.2. The van der Waals surface area contributed by atoms with Crippen molar-refractivity contribution < 1.29 is 9.59 Å². The maximum atomic E-state index is 12.9. The Balaban J connectivity index is 0.00000385. The highest BCUT2D eigenvalue weighted by atomic mass is 35.5. The Kier molecular flexibility index (Phi) is 9.74. The molecule has 6 nitrogen and oxygen atoms in total. The Labute approximate surface area is 204 Å². The number of nitrogens with zero attached hydrogens (tertiary/aromatic N) is 2. The number of likely N-dealkylation sites (N-methyl/N-ethyl adjacent to an activating group) is 1. The van der Waals surface area contributed by atoms with Gasteiger partial charge in [-0.1, -0.05) is 30.3 Å². The lowest BCUT2D eigenvalue weighted by Crippen LogP contribution is -2.46. The molecule has 0 radical (unpaired) electrons. The fourth-order valence-corrected chi connectivity index (χ4v) is 4.02. The van der Waals surface area contributed by atoms with Crippen LogP contribution in [0, 0.1) is 0 Å². The minimum absolute atomic E-state index is 0. The predicted octanol–water partition coefficient (Wildman–Crippen LogP) is 4.81. The molecule has 7 heteroatoms. The summed E-state index contributed by atoms with van der Waals surface area (Å²) < 4.78 is 0. The lowest BCUT2D eigenvalue weighted by molar-refractivity contribution is 0.0647. The van der Waals surface area contributed by atoms with Gasteiger partial charge in [0.15, 0.2) is 0 Å². The molecule has 0 spiro atoms. The molecule has 3 rings (SSSR count). The molecule has 0 unspecified atom stereocenters. The van der Waals surface area contributed by atoms with Crippen LogP contribution in [0.4, 0.5) is 10.5 Å². The van der Waals surface area contributed by atoms with E-state index in [0.717, 1.165) is 38.9 Å². The standard InChI is InChI=1S/C26H36N4O2.ClH/c1-26(2,3)28-25(32)27-22-12-10-21(11-13-22)24(31)30-18-15-23(16-19-30)29(4)17-14-20-8-6-5-7-9-20;/h5-13,23H,14-19H2,1-4H3,(H2,27,28,32);1H. The van der Waals surface area contributed by atoms with Crippen LogP contribution in [0.25, 0.3) is 0 Å². The summed E-state index contributed by atoms with van der Waals surface area (Å²) >= 11 is 0. The molecule has 3 amide bonds. The molecule has 1 saturated heterocycles. The van der Waals surface area contributed by atoms with E-state index in [0.29, 0.717) is 17.3 Å². The molecule has 0 aromatic heterocycles. The second-order valence-corrected chi connectivity index (χ2v) is 9.65. The molecule has 0 atom stereocenters. The number of urea groups is 1. The van der Waals surface area contributed by atoms with Crippen molar-refractivity contribution in [3.8, 4) is 0 Å². The Bertz CT molecular complexity index is 889. The van der Waals surface area contributed by atoms with Crippen LogP contribution >= 0.6 is 12.4 Å². The van der Waals surface area contributed by atoms with Gasteiger partial charge in [-0.3, -0.25) is 4.79 Å². The van der Waals surface area contributed by atoms with E-state index in [-0.39, 0.29) is 29.9 Å². The summed E-state index contributed by atoms with van der Waals surface area (Å²) in [5.41, 5.74) is 2.38. The van der Waals surface area contributed by atoms with Crippen molar-refractivity contribution in [1.82, 2.24) is 15.1 Å². The molecule has 2 aromatic rings. The molecule has 180 valence electrons. The van der Waals surface area contributed by atoms with E-state index < -0.39 is 0 Å². The minimum Gasteiger partial charge on any atom is -0.339 e. The second kappa shape index (κ2) is 12.1. The third-order valence-corrected chi connectivity index (χ3v) is 5.85. The molecule has 2 N–H and O–H groups in total. The lowest BCUT2D eigenvalue weighted by atomic mass is 10.0. The van der Waals surface area contributed by atoms with Crippen LogP contribution in [-0.4, -0.2) is 60.0 Å². The van der Waals surface area contributed by atoms with Gasteiger partial charge in [0.05, 0.1) is 0 Å². The minimum atomic E-state index is -0.304. The second-order valence-electron chi connectivity index (χ2n) is 9.65. The molecule has 1 heterocycles. The largest absolute Gasteiger partial charge is 0.339 e. The fourth-order valence-electron chi connectivity index (χ4n) is 4.02. The predicted molar refractivity (Wildman–Crippen MR) is 137 cm³/mol. The molecule has 1 fully saturated rings. The van der Waals surface area contributed by atoms with Gasteiger partial charge in [0.25, 0.3) is 5.91 Å². The maximum Gasteiger partial charge on any atom is 0.319 e. The number of benzene rings is 2. The van der Waals surface area contributed by atoms with Gasteiger partial charge in [-0.25, -0.2) is 4.79 Å². The number of nitrogens with one attached hydrogen (secondary N) is 2. The van der Waals surface area contributed by atoms with E-state index in [1.165, 1.54) is 5.56 Å². The first-order valence-electron chi connectivity index (χ1n) is 11.4. The van der Waals surface area contributed by atoms with Crippen molar-refractivity contribution in [2.45, 2.75) is 51.6 Å². The molecule has 0 aliphatic carbocycles. The quantitative estimate of drug-likeness (QED) is 0.634. The highest BCUT2D eigenvalue weighted by molar-refractivity contribution is 5.95. The third-order valence-electron chi connectivity index (χ3n) is 5.85. The number of likely N-dealkylation sites (tertiary alicyclic amines) is 1. The zero-order chi connectivity index (χ0) is 23.1. The zero-order valence-electron chi connectivity index (χ0n) is 20.1. The highest BCUT2D eigenvalue weighted by Gasteiger charge is 2.25. The number of anilines is 1. The van der Waals surface area contributed by atoms with Crippen LogP contribution in [0.3, 0.4) is 0 Å². The average molecular weight is 473 g/mol. The Morgan fingerprint density at radius 1 is 1.00 bits per heavy atom.